The van der Waals surface area contributed by atoms with Gasteiger partial charge in [0.1, 0.15) is 0 Å². The number of carbonyl (C=O) groups is 1. The van der Waals surface area contributed by atoms with Crippen molar-refractivity contribution in [3.63, 3.8) is 0 Å². The van der Waals surface area contributed by atoms with Gasteiger partial charge in [0.05, 0.1) is 16.8 Å². The molecule has 0 aliphatic heterocycles. The van der Waals surface area contributed by atoms with Crippen molar-refractivity contribution in [1.82, 2.24) is 9.97 Å². The van der Waals surface area contributed by atoms with Crippen LogP contribution < -0.4 is 10.9 Å². The highest BCUT2D eigenvalue weighted by molar-refractivity contribution is 6.08. The molecular weight excluding hydrogens is 254 g/mol. The standard InChI is InChI=1S/C15H11N3O2/c19-14-7-6-10(9-17-14)15(20)18-13-5-1-4-12-11(13)3-2-8-16-12/h1-9H,(H,17,19)(H,18,20). The number of benzene rings is 1. The molecule has 1 aromatic carbocycles. The Morgan fingerprint density at radius 3 is 2.80 bits per heavy atom. The fourth-order valence-corrected chi connectivity index (χ4v) is 1.96. The first kappa shape index (κ1) is 12.1. The second kappa shape index (κ2) is 4.97. The maximum atomic E-state index is 12.1. The Labute approximate surface area is 114 Å². The molecule has 98 valence electrons. The van der Waals surface area contributed by atoms with Gasteiger partial charge in [-0.15, -0.1) is 0 Å². The number of anilines is 1. The van der Waals surface area contributed by atoms with Gasteiger partial charge in [-0.05, 0) is 30.3 Å². The van der Waals surface area contributed by atoms with Crippen LogP contribution in [0.2, 0.25) is 0 Å². The molecule has 1 amide bonds. The van der Waals surface area contributed by atoms with Gasteiger partial charge in [0, 0.05) is 23.8 Å². The van der Waals surface area contributed by atoms with Crippen molar-refractivity contribution in [3.05, 3.63) is 70.8 Å². The molecule has 0 unspecified atom stereocenters. The topological polar surface area (TPSA) is 74.8 Å². The van der Waals surface area contributed by atoms with E-state index in [1.807, 2.05) is 30.3 Å². The maximum Gasteiger partial charge on any atom is 0.257 e. The van der Waals surface area contributed by atoms with Crippen LogP contribution in [0.25, 0.3) is 10.9 Å². The molecule has 0 spiro atoms. The van der Waals surface area contributed by atoms with Crippen molar-refractivity contribution in [1.29, 1.82) is 0 Å². The van der Waals surface area contributed by atoms with E-state index in [9.17, 15) is 9.59 Å². The summed E-state index contributed by atoms with van der Waals surface area (Å²) in [6.45, 7) is 0. The Balaban J connectivity index is 1.95. The van der Waals surface area contributed by atoms with Gasteiger partial charge in [0.15, 0.2) is 0 Å². The van der Waals surface area contributed by atoms with Gasteiger partial charge >= 0.3 is 0 Å². The van der Waals surface area contributed by atoms with E-state index in [1.165, 1.54) is 18.3 Å². The molecule has 0 aliphatic carbocycles. The van der Waals surface area contributed by atoms with E-state index in [2.05, 4.69) is 15.3 Å². The van der Waals surface area contributed by atoms with Crippen LogP contribution in [0.4, 0.5) is 5.69 Å². The lowest BCUT2D eigenvalue weighted by Crippen LogP contribution is -2.14. The number of hydrogen-bond acceptors (Lipinski definition) is 3. The third-order valence-corrected chi connectivity index (χ3v) is 2.94. The van der Waals surface area contributed by atoms with Gasteiger partial charge in [-0.3, -0.25) is 14.6 Å². The monoisotopic (exact) mass is 265 g/mol. The van der Waals surface area contributed by atoms with Crippen LogP contribution in [-0.2, 0) is 0 Å². The largest absolute Gasteiger partial charge is 0.328 e. The highest BCUT2D eigenvalue weighted by atomic mass is 16.1. The third-order valence-electron chi connectivity index (χ3n) is 2.94. The highest BCUT2D eigenvalue weighted by Crippen LogP contribution is 2.21. The quantitative estimate of drug-likeness (QED) is 0.745. The van der Waals surface area contributed by atoms with Crippen molar-refractivity contribution in [2.45, 2.75) is 0 Å². The fraction of sp³-hybridized carbons (Fsp3) is 0. The number of aromatic amines is 1. The molecule has 2 heterocycles. The molecule has 0 saturated carbocycles. The van der Waals surface area contributed by atoms with Crippen LogP contribution in [-0.4, -0.2) is 15.9 Å². The summed E-state index contributed by atoms with van der Waals surface area (Å²) in [5, 5.41) is 3.69. The van der Waals surface area contributed by atoms with E-state index in [0.717, 1.165) is 10.9 Å². The van der Waals surface area contributed by atoms with Crippen molar-refractivity contribution < 1.29 is 4.79 Å². The van der Waals surface area contributed by atoms with Crippen LogP contribution in [0.3, 0.4) is 0 Å². The Hall–Kier alpha value is -2.95. The number of pyridine rings is 2. The molecule has 0 radical (unpaired) electrons. The first-order valence-corrected chi connectivity index (χ1v) is 6.08. The average molecular weight is 265 g/mol. The molecule has 2 N–H and O–H groups in total. The van der Waals surface area contributed by atoms with Crippen molar-refractivity contribution in [3.8, 4) is 0 Å². The van der Waals surface area contributed by atoms with Gasteiger partial charge < -0.3 is 10.3 Å². The molecule has 5 heteroatoms. The van der Waals surface area contributed by atoms with Crippen LogP contribution in [0, 0.1) is 0 Å². The lowest BCUT2D eigenvalue weighted by molar-refractivity contribution is 0.102. The summed E-state index contributed by atoms with van der Waals surface area (Å²) in [7, 11) is 0. The number of nitrogens with zero attached hydrogens (tertiary/aromatic N) is 1. The summed E-state index contributed by atoms with van der Waals surface area (Å²) in [4.78, 5) is 29.8. The number of aromatic nitrogens is 2. The Kier molecular flexibility index (Phi) is 3.01. The molecule has 3 aromatic rings. The molecule has 5 nitrogen and oxygen atoms in total. The zero-order chi connectivity index (χ0) is 13.9. The predicted octanol–water partition coefficient (Wildman–Crippen LogP) is 2.18. The number of rotatable bonds is 2. The van der Waals surface area contributed by atoms with Crippen LogP contribution in [0.5, 0.6) is 0 Å². The van der Waals surface area contributed by atoms with E-state index < -0.39 is 0 Å². The van der Waals surface area contributed by atoms with E-state index >= 15 is 0 Å². The minimum absolute atomic E-state index is 0.240. The molecule has 0 aliphatic rings. The minimum atomic E-state index is -0.280. The van der Waals surface area contributed by atoms with Crippen molar-refractivity contribution in [2.24, 2.45) is 0 Å². The molecule has 20 heavy (non-hydrogen) atoms. The molecule has 0 atom stereocenters. The number of H-pyrrole nitrogens is 1. The van der Waals surface area contributed by atoms with Crippen LogP contribution in [0.1, 0.15) is 10.4 Å². The Morgan fingerprint density at radius 2 is 2.00 bits per heavy atom. The number of fused-ring (bicyclic) bond motifs is 1. The summed E-state index contributed by atoms with van der Waals surface area (Å²) in [5.74, 6) is -0.280. The predicted molar refractivity (Wildman–Crippen MR) is 76.8 cm³/mol. The number of nitrogens with one attached hydrogen (secondary N) is 2. The molecule has 2 aromatic heterocycles. The molecule has 3 rings (SSSR count). The zero-order valence-corrected chi connectivity index (χ0v) is 10.5. The first-order valence-electron chi connectivity index (χ1n) is 6.08. The van der Waals surface area contributed by atoms with E-state index in [0.29, 0.717) is 11.3 Å². The normalized spacial score (nSPS) is 10.4. The SMILES string of the molecule is O=C(Nc1cccc2ncccc12)c1ccc(=O)[nH]c1. The second-order valence-corrected chi connectivity index (χ2v) is 4.27. The summed E-state index contributed by atoms with van der Waals surface area (Å²) in [6, 6.07) is 12.0. The third kappa shape index (κ3) is 2.29. The molecule has 0 bridgehead atoms. The lowest BCUT2D eigenvalue weighted by atomic mass is 10.1. The fourth-order valence-electron chi connectivity index (χ4n) is 1.96. The highest BCUT2D eigenvalue weighted by Gasteiger charge is 2.08. The van der Waals surface area contributed by atoms with Gasteiger partial charge in [-0.25, -0.2) is 0 Å². The summed E-state index contributed by atoms with van der Waals surface area (Å²) in [6.07, 6.45) is 3.09. The summed E-state index contributed by atoms with van der Waals surface area (Å²) in [5.41, 5.74) is 1.65. The van der Waals surface area contributed by atoms with Crippen molar-refractivity contribution in [2.75, 3.05) is 5.32 Å². The number of amides is 1. The molecule has 0 fully saturated rings. The average Bonchev–Trinajstić information content (AvgIpc) is 2.48. The van der Waals surface area contributed by atoms with Gasteiger partial charge in [-0.2, -0.15) is 0 Å². The maximum absolute atomic E-state index is 12.1. The van der Waals surface area contributed by atoms with E-state index in [4.69, 9.17) is 0 Å². The van der Waals surface area contributed by atoms with Gasteiger partial charge in [0.25, 0.3) is 5.91 Å². The molecule has 0 saturated heterocycles. The first-order chi connectivity index (χ1) is 9.74. The Morgan fingerprint density at radius 1 is 1.10 bits per heavy atom. The zero-order valence-electron chi connectivity index (χ0n) is 10.5. The van der Waals surface area contributed by atoms with E-state index in [1.54, 1.807) is 6.20 Å². The summed E-state index contributed by atoms with van der Waals surface area (Å²) < 4.78 is 0. The molecular formula is C15H11N3O2. The second-order valence-electron chi connectivity index (χ2n) is 4.27. The lowest BCUT2D eigenvalue weighted by Gasteiger charge is -2.08. The van der Waals surface area contributed by atoms with Crippen LogP contribution >= 0.6 is 0 Å². The van der Waals surface area contributed by atoms with Crippen LogP contribution in [0.15, 0.2) is 59.7 Å². The minimum Gasteiger partial charge on any atom is -0.328 e. The van der Waals surface area contributed by atoms with Crippen molar-refractivity contribution >= 4 is 22.5 Å². The van der Waals surface area contributed by atoms with Gasteiger partial charge in [-0.1, -0.05) is 6.07 Å². The number of carbonyl (C=O) groups excluding carboxylic acids is 1. The number of hydrogen-bond donors (Lipinski definition) is 2. The smallest absolute Gasteiger partial charge is 0.257 e. The summed E-state index contributed by atoms with van der Waals surface area (Å²) >= 11 is 0. The van der Waals surface area contributed by atoms with Gasteiger partial charge in [0.2, 0.25) is 5.56 Å². The Bertz CT molecular complexity index is 814. The van der Waals surface area contributed by atoms with E-state index in [-0.39, 0.29) is 11.5 Å².